The number of halogens is 3. The minimum atomic E-state index is -4.39. The first-order chi connectivity index (χ1) is 17.9. The van der Waals surface area contributed by atoms with Crippen LogP contribution in [0.15, 0.2) is 115 Å². The van der Waals surface area contributed by atoms with E-state index >= 15 is 0 Å². The molecule has 0 aliphatic rings. The predicted molar refractivity (Wildman–Crippen MR) is 141 cm³/mol. The second-order valence-electron chi connectivity index (χ2n) is 9.16. The summed E-state index contributed by atoms with van der Waals surface area (Å²) in [6, 6.07) is 35.3. The van der Waals surface area contributed by atoms with Crippen LogP contribution in [0.3, 0.4) is 0 Å². The number of rotatable bonds is 10. The van der Waals surface area contributed by atoms with Gasteiger partial charge < -0.3 is 4.90 Å². The van der Waals surface area contributed by atoms with E-state index in [9.17, 15) is 18.0 Å². The van der Waals surface area contributed by atoms with Gasteiger partial charge in [-0.2, -0.15) is 13.2 Å². The number of alkyl halides is 3. The van der Waals surface area contributed by atoms with E-state index in [0.29, 0.717) is 31.4 Å². The van der Waals surface area contributed by atoms with E-state index in [1.54, 1.807) is 4.90 Å². The molecule has 0 saturated heterocycles. The Bertz CT molecular complexity index is 1200. The third-order valence-corrected chi connectivity index (χ3v) is 6.57. The van der Waals surface area contributed by atoms with Gasteiger partial charge in [-0.25, -0.2) is 0 Å². The third-order valence-electron chi connectivity index (χ3n) is 6.57. The van der Waals surface area contributed by atoms with E-state index in [-0.39, 0.29) is 18.4 Å². The molecule has 0 radical (unpaired) electrons. The van der Waals surface area contributed by atoms with Crippen molar-refractivity contribution in [1.29, 1.82) is 0 Å². The summed E-state index contributed by atoms with van der Waals surface area (Å²) in [5.41, 5.74) is 3.40. The molecule has 0 spiro atoms. The van der Waals surface area contributed by atoms with E-state index in [1.807, 2.05) is 66.7 Å². The fraction of sp³-hybridized carbons (Fsp3) is 0.219. The van der Waals surface area contributed by atoms with Gasteiger partial charge >= 0.3 is 6.18 Å². The summed E-state index contributed by atoms with van der Waals surface area (Å²) in [4.78, 5) is 15.2. The van der Waals surface area contributed by atoms with Crippen molar-refractivity contribution in [2.24, 2.45) is 0 Å². The molecule has 0 aliphatic heterocycles. The Hall–Kier alpha value is -3.86. The molecule has 190 valence electrons. The van der Waals surface area contributed by atoms with Crippen LogP contribution in [0.2, 0.25) is 0 Å². The Kier molecular flexibility index (Phi) is 8.78. The van der Waals surface area contributed by atoms with Crippen molar-refractivity contribution >= 4 is 5.91 Å². The number of carbonyl (C=O) groups is 1. The number of benzene rings is 4. The van der Waals surface area contributed by atoms with Crippen molar-refractivity contribution in [3.05, 3.63) is 143 Å². The average molecular weight is 502 g/mol. The van der Waals surface area contributed by atoms with Crippen molar-refractivity contribution in [1.82, 2.24) is 4.90 Å². The molecular formula is C32H30F3NO. The van der Waals surface area contributed by atoms with E-state index in [4.69, 9.17) is 0 Å². The summed E-state index contributed by atoms with van der Waals surface area (Å²) in [5.74, 6) is 0.0862. The maximum absolute atomic E-state index is 13.4. The molecule has 0 fully saturated rings. The van der Waals surface area contributed by atoms with Gasteiger partial charge in [-0.1, -0.05) is 103 Å². The second kappa shape index (κ2) is 12.4. The van der Waals surface area contributed by atoms with Gasteiger partial charge in [0.05, 0.1) is 5.56 Å². The van der Waals surface area contributed by atoms with Gasteiger partial charge in [0.15, 0.2) is 0 Å². The molecule has 1 amide bonds. The normalized spacial score (nSPS) is 11.5. The van der Waals surface area contributed by atoms with Gasteiger partial charge in [-0.05, 0) is 47.2 Å². The van der Waals surface area contributed by atoms with Crippen molar-refractivity contribution in [2.75, 3.05) is 6.54 Å². The molecule has 0 unspecified atom stereocenters. The van der Waals surface area contributed by atoms with Crippen LogP contribution in [-0.4, -0.2) is 17.4 Å². The van der Waals surface area contributed by atoms with Gasteiger partial charge in [-0.15, -0.1) is 0 Å². The molecule has 2 nitrogen and oxygen atoms in total. The van der Waals surface area contributed by atoms with Crippen molar-refractivity contribution in [3.8, 4) is 0 Å². The predicted octanol–water partition coefficient (Wildman–Crippen LogP) is 7.89. The molecule has 0 atom stereocenters. The molecule has 0 saturated carbocycles. The lowest BCUT2D eigenvalue weighted by Crippen LogP contribution is -2.32. The minimum Gasteiger partial charge on any atom is -0.338 e. The Morgan fingerprint density at radius 2 is 1.19 bits per heavy atom. The summed E-state index contributed by atoms with van der Waals surface area (Å²) in [6.07, 6.45) is -2.73. The molecule has 4 aromatic carbocycles. The Balaban J connectivity index is 1.53. The zero-order valence-corrected chi connectivity index (χ0v) is 20.6. The van der Waals surface area contributed by atoms with Crippen LogP contribution in [0.5, 0.6) is 0 Å². The minimum absolute atomic E-state index is 0.0105. The van der Waals surface area contributed by atoms with Crippen LogP contribution in [-0.2, 0) is 23.9 Å². The molecule has 4 rings (SSSR count). The smallest absolute Gasteiger partial charge is 0.338 e. The van der Waals surface area contributed by atoms with Crippen LogP contribution in [0.25, 0.3) is 0 Å². The van der Waals surface area contributed by atoms with E-state index in [1.165, 1.54) is 23.3 Å². The first-order valence-corrected chi connectivity index (χ1v) is 12.5. The highest BCUT2D eigenvalue weighted by atomic mass is 19.4. The lowest BCUT2D eigenvalue weighted by molar-refractivity contribution is -0.137. The molecular weight excluding hydrogens is 471 g/mol. The number of hydrogen-bond donors (Lipinski definition) is 0. The van der Waals surface area contributed by atoms with Gasteiger partial charge in [0.2, 0.25) is 5.91 Å². The molecule has 0 N–H and O–H groups in total. The summed E-state index contributed by atoms with van der Waals surface area (Å²) in [7, 11) is 0. The summed E-state index contributed by atoms with van der Waals surface area (Å²) < 4.78 is 39.1. The molecule has 37 heavy (non-hydrogen) atoms. The monoisotopic (exact) mass is 501 g/mol. The van der Waals surface area contributed by atoms with Crippen LogP contribution in [0, 0.1) is 0 Å². The highest BCUT2D eigenvalue weighted by Gasteiger charge is 2.30. The van der Waals surface area contributed by atoms with Crippen molar-refractivity contribution < 1.29 is 18.0 Å². The number of hydrogen-bond acceptors (Lipinski definition) is 1. The molecule has 0 heterocycles. The van der Waals surface area contributed by atoms with Gasteiger partial charge in [0, 0.05) is 25.4 Å². The van der Waals surface area contributed by atoms with E-state index in [0.717, 1.165) is 17.7 Å². The maximum Gasteiger partial charge on any atom is 0.416 e. The first kappa shape index (κ1) is 26.2. The van der Waals surface area contributed by atoms with Crippen LogP contribution < -0.4 is 0 Å². The highest BCUT2D eigenvalue weighted by Crippen LogP contribution is 2.30. The lowest BCUT2D eigenvalue weighted by Gasteiger charge is -2.26. The molecule has 5 heteroatoms. The van der Waals surface area contributed by atoms with Crippen molar-refractivity contribution in [3.63, 3.8) is 0 Å². The average Bonchev–Trinajstić information content (AvgIpc) is 2.93. The second-order valence-corrected chi connectivity index (χ2v) is 9.16. The van der Waals surface area contributed by atoms with Gasteiger partial charge in [-0.3, -0.25) is 4.79 Å². The third kappa shape index (κ3) is 7.56. The lowest BCUT2D eigenvalue weighted by atomic mass is 9.88. The standard InChI is InChI=1S/C32H30F3NO/c33-32(34,35)29-19-16-26(17-20-29)24-36(31(37)21-18-25-10-4-1-5-11-25)23-22-30(27-12-6-2-7-13-27)28-14-8-3-9-15-28/h1-17,19-20,30H,18,21-24H2. The van der Waals surface area contributed by atoms with Crippen molar-refractivity contribution in [2.45, 2.75) is 37.9 Å². The largest absolute Gasteiger partial charge is 0.416 e. The topological polar surface area (TPSA) is 20.3 Å². The first-order valence-electron chi connectivity index (χ1n) is 12.5. The number of aryl methyl sites for hydroxylation is 1. The summed E-state index contributed by atoms with van der Waals surface area (Å²) in [6.45, 7) is 0.755. The summed E-state index contributed by atoms with van der Waals surface area (Å²) >= 11 is 0. The maximum atomic E-state index is 13.4. The fourth-order valence-corrected chi connectivity index (χ4v) is 4.55. The quantitative estimate of drug-likeness (QED) is 0.216. The number of amides is 1. The van der Waals surface area contributed by atoms with Crippen LogP contribution in [0.4, 0.5) is 13.2 Å². The molecule has 0 aliphatic carbocycles. The van der Waals surface area contributed by atoms with Crippen LogP contribution >= 0.6 is 0 Å². The number of nitrogens with zero attached hydrogens (tertiary/aromatic N) is 1. The van der Waals surface area contributed by atoms with E-state index < -0.39 is 11.7 Å². The van der Waals surface area contributed by atoms with Crippen LogP contribution in [0.1, 0.15) is 46.6 Å². The Morgan fingerprint density at radius 1 is 0.676 bits per heavy atom. The van der Waals surface area contributed by atoms with Gasteiger partial charge in [0.1, 0.15) is 0 Å². The molecule has 0 aromatic heterocycles. The SMILES string of the molecule is O=C(CCc1ccccc1)N(CCC(c1ccccc1)c1ccccc1)Cc1ccc(C(F)(F)F)cc1. The Morgan fingerprint density at radius 3 is 1.70 bits per heavy atom. The molecule has 0 bridgehead atoms. The highest BCUT2D eigenvalue weighted by molar-refractivity contribution is 5.76. The summed E-state index contributed by atoms with van der Waals surface area (Å²) in [5, 5.41) is 0. The van der Waals surface area contributed by atoms with Gasteiger partial charge in [0.25, 0.3) is 0 Å². The number of carbonyl (C=O) groups excluding carboxylic acids is 1. The zero-order chi connectivity index (χ0) is 26.1. The zero-order valence-electron chi connectivity index (χ0n) is 20.6. The fourth-order valence-electron chi connectivity index (χ4n) is 4.55. The Labute approximate surface area is 216 Å². The molecule has 4 aromatic rings. The van der Waals surface area contributed by atoms with E-state index in [2.05, 4.69) is 24.3 Å².